The van der Waals surface area contributed by atoms with E-state index in [-0.39, 0.29) is 18.5 Å². The monoisotopic (exact) mass is 447 g/mol. The molecule has 0 aromatic heterocycles. The molecule has 1 atom stereocenters. The lowest BCUT2D eigenvalue weighted by atomic mass is 10.1. The number of carbonyl (C=O) groups excluding carboxylic acids is 2. The minimum Gasteiger partial charge on any atom is -0.486 e. The van der Waals surface area contributed by atoms with Gasteiger partial charge in [0.25, 0.3) is 0 Å². The van der Waals surface area contributed by atoms with Crippen LogP contribution in [0.1, 0.15) is 24.1 Å². The van der Waals surface area contributed by atoms with Crippen molar-refractivity contribution in [1.82, 2.24) is 10.6 Å². The second kappa shape index (κ2) is 8.97. The minimum atomic E-state index is -0.426. The lowest BCUT2D eigenvalue weighted by Crippen LogP contribution is -2.41. The summed E-state index contributed by atoms with van der Waals surface area (Å²) in [6.45, 7) is 4.66. The van der Waals surface area contributed by atoms with Crippen molar-refractivity contribution in [2.45, 2.75) is 19.9 Å². The van der Waals surface area contributed by atoms with Crippen LogP contribution in [0.4, 0.5) is 10.5 Å². The van der Waals surface area contributed by atoms with Gasteiger partial charge in [0.05, 0.1) is 12.6 Å². The Balaban J connectivity index is 1.49. The number of nitrogens with one attached hydrogen (secondary N) is 3. The number of carbonyl (C=O) groups is 2. The van der Waals surface area contributed by atoms with Crippen LogP contribution in [0.15, 0.2) is 40.9 Å². The van der Waals surface area contributed by atoms with Crippen LogP contribution in [-0.2, 0) is 4.79 Å². The minimum absolute atomic E-state index is 0.130. The molecule has 0 saturated heterocycles. The van der Waals surface area contributed by atoms with Crippen LogP contribution in [0, 0.1) is 6.92 Å². The number of aryl methyl sites for hydroxylation is 1. The van der Waals surface area contributed by atoms with Gasteiger partial charge in [0, 0.05) is 10.2 Å². The first-order valence-electron chi connectivity index (χ1n) is 8.92. The summed E-state index contributed by atoms with van der Waals surface area (Å²) in [6, 6.07) is 10.4. The zero-order valence-electron chi connectivity index (χ0n) is 15.7. The fraction of sp³-hybridized carbons (Fsp3) is 0.300. The first-order valence-corrected chi connectivity index (χ1v) is 9.71. The van der Waals surface area contributed by atoms with Crippen LogP contribution < -0.4 is 25.4 Å². The smallest absolute Gasteiger partial charge is 0.315 e. The number of halogens is 1. The van der Waals surface area contributed by atoms with Crippen molar-refractivity contribution >= 4 is 33.6 Å². The number of ether oxygens (including phenoxy) is 2. The quantitative estimate of drug-likeness (QED) is 0.653. The Kier molecular flexibility index (Phi) is 6.41. The molecule has 1 heterocycles. The van der Waals surface area contributed by atoms with Crippen LogP contribution in [-0.4, -0.2) is 31.7 Å². The van der Waals surface area contributed by atoms with Crippen molar-refractivity contribution < 1.29 is 19.1 Å². The molecule has 3 amide bonds. The maximum atomic E-state index is 12.1. The van der Waals surface area contributed by atoms with E-state index < -0.39 is 6.03 Å². The zero-order valence-corrected chi connectivity index (χ0v) is 17.3. The Morgan fingerprint density at radius 2 is 1.86 bits per heavy atom. The number of amides is 3. The molecular formula is C20H22BrN3O4. The highest BCUT2D eigenvalue weighted by atomic mass is 79.9. The molecule has 1 aliphatic heterocycles. The van der Waals surface area contributed by atoms with Crippen LogP contribution >= 0.6 is 15.9 Å². The van der Waals surface area contributed by atoms with Gasteiger partial charge in [-0.15, -0.1) is 0 Å². The molecule has 0 unspecified atom stereocenters. The fourth-order valence-corrected chi connectivity index (χ4v) is 3.26. The Labute approximate surface area is 171 Å². The predicted octanol–water partition coefficient (Wildman–Crippen LogP) is 3.53. The molecule has 8 heteroatoms. The Bertz CT molecular complexity index is 888. The third-order valence-electron chi connectivity index (χ3n) is 4.29. The Morgan fingerprint density at radius 1 is 1.11 bits per heavy atom. The van der Waals surface area contributed by atoms with Crippen molar-refractivity contribution in [3.05, 3.63) is 52.0 Å². The molecule has 28 heavy (non-hydrogen) atoms. The highest BCUT2D eigenvalue weighted by Crippen LogP contribution is 2.32. The first kappa shape index (κ1) is 20.0. The van der Waals surface area contributed by atoms with E-state index in [0.29, 0.717) is 30.4 Å². The average molecular weight is 448 g/mol. The van der Waals surface area contributed by atoms with E-state index >= 15 is 0 Å². The number of hydrogen-bond acceptors (Lipinski definition) is 4. The topological polar surface area (TPSA) is 88.7 Å². The van der Waals surface area contributed by atoms with Crippen LogP contribution in [0.5, 0.6) is 11.5 Å². The molecule has 2 aromatic carbocycles. The molecule has 148 valence electrons. The van der Waals surface area contributed by atoms with E-state index in [1.165, 1.54) is 0 Å². The number of hydrogen-bond donors (Lipinski definition) is 3. The summed E-state index contributed by atoms with van der Waals surface area (Å²) in [6.07, 6.45) is 0. The van der Waals surface area contributed by atoms with Gasteiger partial charge in [0.1, 0.15) is 13.2 Å². The largest absolute Gasteiger partial charge is 0.486 e. The van der Waals surface area contributed by atoms with Crippen LogP contribution in [0.3, 0.4) is 0 Å². The van der Waals surface area contributed by atoms with Gasteiger partial charge in [-0.2, -0.15) is 0 Å². The highest BCUT2D eigenvalue weighted by molar-refractivity contribution is 9.10. The summed E-state index contributed by atoms with van der Waals surface area (Å²) in [7, 11) is 0. The third kappa shape index (κ3) is 5.16. The van der Waals surface area contributed by atoms with Gasteiger partial charge >= 0.3 is 6.03 Å². The number of fused-ring (bicyclic) bond motifs is 1. The fourth-order valence-electron chi connectivity index (χ4n) is 2.78. The van der Waals surface area contributed by atoms with E-state index in [1.807, 2.05) is 44.2 Å². The number of anilines is 1. The van der Waals surface area contributed by atoms with Gasteiger partial charge in [0.2, 0.25) is 5.91 Å². The molecule has 0 saturated carbocycles. The molecule has 0 radical (unpaired) electrons. The van der Waals surface area contributed by atoms with Crippen molar-refractivity contribution in [3.63, 3.8) is 0 Å². The Morgan fingerprint density at radius 3 is 2.61 bits per heavy atom. The number of rotatable bonds is 5. The van der Waals surface area contributed by atoms with E-state index in [9.17, 15) is 9.59 Å². The molecule has 3 rings (SSSR count). The van der Waals surface area contributed by atoms with E-state index in [4.69, 9.17) is 9.47 Å². The molecule has 3 N–H and O–H groups in total. The number of benzene rings is 2. The summed E-state index contributed by atoms with van der Waals surface area (Å²) in [5.41, 5.74) is 2.52. The second-order valence-corrected chi connectivity index (χ2v) is 7.37. The molecule has 1 aliphatic rings. The molecular weight excluding hydrogens is 426 g/mol. The number of urea groups is 1. The maximum absolute atomic E-state index is 12.1. The lowest BCUT2D eigenvalue weighted by Gasteiger charge is -2.21. The third-order valence-corrected chi connectivity index (χ3v) is 4.78. The molecule has 0 aliphatic carbocycles. The molecule has 0 spiro atoms. The zero-order chi connectivity index (χ0) is 20.1. The Hall–Kier alpha value is -2.74. The summed E-state index contributed by atoms with van der Waals surface area (Å²) < 4.78 is 12.0. The van der Waals surface area contributed by atoms with Gasteiger partial charge in [-0.1, -0.05) is 22.0 Å². The van der Waals surface area contributed by atoms with Crippen LogP contribution in [0.25, 0.3) is 0 Å². The summed E-state index contributed by atoms with van der Waals surface area (Å²) in [4.78, 5) is 24.2. The van der Waals surface area contributed by atoms with Crippen molar-refractivity contribution in [3.8, 4) is 11.5 Å². The van der Waals surface area contributed by atoms with E-state index in [0.717, 1.165) is 15.6 Å². The normalized spacial score (nSPS) is 13.4. The lowest BCUT2D eigenvalue weighted by molar-refractivity contribution is -0.115. The van der Waals surface area contributed by atoms with Crippen molar-refractivity contribution in [1.29, 1.82) is 0 Å². The molecule has 7 nitrogen and oxygen atoms in total. The SMILES string of the molecule is Cc1cc(Br)ccc1NC(=O)CNC(=O)N[C@H](C)c1ccc2c(c1)OCCO2. The average Bonchev–Trinajstić information content (AvgIpc) is 2.68. The highest BCUT2D eigenvalue weighted by Gasteiger charge is 2.16. The molecule has 0 fully saturated rings. The van der Waals surface area contributed by atoms with E-state index in [1.54, 1.807) is 6.07 Å². The van der Waals surface area contributed by atoms with Gasteiger partial charge in [0.15, 0.2) is 11.5 Å². The predicted molar refractivity (Wildman–Crippen MR) is 110 cm³/mol. The van der Waals surface area contributed by atoms with Gasteiger partial charge in [-0.25, -0.2) is 4.79 Å². The summed E-state index contributed by atoms with van der Waals surface area (Å²) in [5, 5.41) is 8.16. The van der Waals surface area contributed by atoms with Gasteiger partial charge in [-0.05, 0) is 55.3 Å². The summed E-state index contributed by atoms with van der Waals surface area (Å²) in [5.74, 6) is 1.07. The van der Waals surface area contributed by atoms with Crippen LogP contribution in [0.2, 0.25) is 0 Å². The van der Waals surface area contributed by atoms with Gasteiger partial charge < -0.3 is 25.4 Å². The van der Waals surface area contributed by atoms with Crippen molar-refractivity contribution in [2.24, 2.45) is 0 Å². The molecule has 0 bridgehead atoms. The first-order chi connectivity index (χ1) is 13.4. The van der Waals surface area contributed by atoms with Gasteiger partial charge in [-0.3, -0.25) is 4.79 Å². The summed E-state index contributed by atoms with van der Waals surface area (Å²) >= 11 is 3.38. The van der Waals surface area contributed by atoms with Crippen molar-refractivity contribution in [2.75, 3.05) is 25.1 Å². The maximum Gasteiger partial charge on any atom is 0.315 e. The standard InChI is InChI=1S/C20H22BrN3O4/c1-12-9-15(21)4-5-16(12)24-19(25)11-22-20(26)23-13(2)14-3-6-17-18(10-14)28-8-7-27-17/h3-6,9-10,13H,7-8,11H2,1-2H3,(H,24,25)(H2,22,23,26)/t13-/m1/s1. The molecule has 2 aromatic rings. The van der Waals surface area contributed by atoms with E-state index in [2.05, 4.69) is 31.9 Å². The second-order valence-electron chi connectivity index (χ2n) is 6.46.